The van der Waals surface area contributed by atoms with Gasteiger partial charge in [0.15, 0.2) is 5.65 Å². The van der Waals surface area contributed by atoms with Crippen molar-refractivity contribution in [2.24, 2.45) is 7.05 Å². The lowest BCUT2D eigenvalue weighted by atomic mass is 10.1. The Morgan fingerprint density at radius 3 is 2.85 bits per heavy atom. The number of aryl methyl sites for hydroxylation is 1. The molecule has 1 aromatic carbocycles. The Labute approximate surface area is 125 Å². The molecule has 0 atom stereocenters. The number of hydrogen-bond donors (Lipinski definition) is 1. The van der Waals surface area contributed by atoms with Gasteiger partial charge in [0.1, 0.15) is 4.60 Å². The highest BCUT2D eigenvalue weighted by molar-refractivity contribution is 9.10. The van der Waals surface area contributed by atoms with Crippen LogP contribution in [0.25, 0.3) is 11.0 Å². The maximum atomic E-state index is 4.48. The number of aromatic nitrogens is 4. The average Bonchev–Trinajstić information content (AvgIpc) is 2.75. The zero-order valence-corrected chi connectivity index (χ0v) is 12.6. The molecule has 0 bridgehead atoms. The molecule has 5 nitrogen and oxygen atoms in total. The molecule has 20 heavy (non-hydrogen) atoms. The molecule has 2 heterocycles. The quantitative estimate of drug-likeness (QED) is 0.798. The lowest BCUT2D eigenvalue weighted by Crippen LogP contribution is -2.08. The Morgan fingerprint density at radius 2 is 2.05 bits per heavy atom. The van der Waals surface area contributed by atoms with Crippen LogP contribution in [0.2, 0.25) is 0 Å². The van der Waals surface area contributed by atoms with Crippen molar-refractivity contribution < 1.29 is 0 Å². The Kier molecular flexibility index (Phi) is 3.64. The number of anilines is 1. The molecule has 3 rings (SSSR count). The predicted molar refractivity (Wildman–Crippen MR) is 82.6 cm³/mol. The number of benzene rings is 1. The van der Waals surface area contributed by atoms with Crippen LogP contribution in [0.1, 0.15) is 5.56 Å². The third kappa shape index (κ3) is 2.65. The molecule has 0 saturated heterocycles. The molecular weight excluding hydrogens is 318 g/mol. The number of hydrogen-bond acceptors (Lipinski definition) is 4. The molecule has 0 spiro atoms. The Balaban J connectivity index is 1.70. The molecular formula is C14H14BrN5. The van der Waals surface area contributed by atoms with Crippen LogP contribution in [-0.4, -0.2) is 26.3 Å². The van der Waals surface area contributed by atoms with Crippen LogP contribution in [0.15, 0.2) is 41.1 Å². The zero-order chi connectivity index (χ0) is 13.9. The molecule has 0 unspecified atom stereocenters. The Hall–Kier alpha value is -1.95. The first-order chi connectivity index (χ1) is 9.74. The second-order valence-corrected chi connectivity index (χ2v) is 5.26. The minimum atomic E-state index is 0.629. The number of nitrogens with zero attached hydrogens (tertiary/aromatic N) is 4. The standard InChI is InChI=1S/C14H14BrN5/c1-20-13-11(12(15)19-20)9-17-14(18-13)16-8-7-10-5-3-2-4-6-10/h2-6,9H,7-8H2,1H3,(H,16,17,18). The molecule has 0 amide bonds. The van der Waals surface area contributed by atoms with Crippen LogP contribution in [0, 0.1) is 0 Å². The van der Waals surface area contributed by atoms with Crippen LogP contribution in [0.4, 0.5) is 5.95 Å². The van der Waals surface area contributed by atoms with E-state index in [1.165, 1.54) is 5.56 Å². The third-order valence-electron chi connectivity index (χ3n) is 3.07. The summed E-state index contributed by atoms with van der Waals surface area (Å²) in [6, 6.07) is 10.3. The van der Waals surface area contributed by atoms with E-state index in [0.29, 0.717) is 5.95 Å². The number of nitrogens with one attached hydrogen (secondary N) is 1. The molecule has 2 aromatic heterocycles. The van der Waals surface area contributed by atoms with Gasteiger partial charge < -0.3 is 5.32 Å². The Morgan fingerprint density at radius 1 is 1.25 bits per heavy atom. The van der Waals surface area contributed by atoms with Gasteiger partial charge in [-0.25, -0.2) is 9.67 Å². The summed E-state index contributed by atoms with van der Waals surface area (Å²) in [5, 5.41) is 8.42. The summed E-state index contributed by atoms with van der Waals surface area (Å²) in [6.45, 7) is 0.800. The topological polar surface area (TPSA) is 55.6 Å². The molecule has 1 N–H and O–H groups in total. The van der Waals surface area contributed by atoms with Crippen molar-refractivity contribution in [2.75, 3.05) is 11.9 Å². The maximum absolute atomic E-state index is 4.48. The van der Waals surface area contributed by atoms with E-state index in [0.717, 1.165) is 28.6 Å². The van der Waals surface area contributed by atoms with Crippen molar-refractivity contribution in [3.8, 4) is 0 Å². The monoisotopic (exact) mass is 331 g/mol. The number of rotatable bonds is 4. The minimum Gasteiger partial charge on any atom is -0.354 e. The van der Waals surface area contributed by atoms with E-state index in [2.05, 4.69) is 48.4 Å². The molecule has 0 aliphatic carbocycles. The molecule has 3 aromatic rings. The predicted octanol–water partition coefficient (Wildman–Crippen LogP) is 2.78. The van der Waals surface area contributed by atoms with Crippen LogP contribution in [-0.2, 0) is 13.5 Å². The van der Waals surface area contributed by atoms with E-state index in [4.69, 9.17) is 0 Å². The minimum absolute atomic E-state index is 0.629. The molecule has 102 valence electrons. The van der Waals surface area contributed by atoms with E-state index in [1.807, 2.05) is 25.2 Å². The van der Waals surface area contributed by atoms with Crippen molar-refractivity contribution >= 4 is 32.9 Å². The van der Waals surface area contributed by atoms with Crippen molar-refractivity contribution in [1.29, 1.82) is 0 Å². The van der Waals surface area contributed by atoms with Gasteiger partial charge in [-0.15, -0.1) is 0 Å². The number of halogens is 1. The molecule has 0 saturated carbocycles. The molecule has 0 aliphatic rings. The highest BCUT2D eigenvalue weighted by Gasteiger charge is 2.08. The fourth-order valence-corrected chi connectivity index (χ4v) is 2.56. The van der Waals surface area contributed by atoms with Gasteiger partial charge in [-0.05, 0) is 27.9 Å². The van der Waals surface area contributed by atoms with E-state index in [1.54, 1.807) is 10.9 Å². The Bertz CT molecular complexity index is 723. The fraction of sp³-hybridized carbons (Fsp3) is 0.214. The fourth-order valence-electron chi connectivity index (χ4n) is 2.05. The molecule has 0 fully saturated rings. The van der Waals surface area contributed by atoms with Gasteiger partial charge in [-0.3, -0.25) is 0 Å². The average molecular weight is 332 g/mol. The molecule has 0 aliphatic heterocycles. The van der Waals surface area contributed by atoms with Gasteiger partial charge >= 0.3 is 0 Å². The summed E-state index contributed by atoms with van der Waals surface area (Å²) in [5.74, 6) is 0.629. The number of fused-ring (bicyclic) bond motifs is 1. The summed E-state index contributed by atoms with van der Waals surface area (Å²) >= 11 is 3.39. The van der Waals surface area contributed by atoms with E-state index >= 15 is 0 Å². The maximum Gasteiger partial charge on any atom is 0.224 e. The van der Waals surface area contributed by atoms with Gasteiger partial charge in [-0.2, -0.15) is 10.1 Å². The van der Waals surface area contributed by atoms with Crippen LogP contribution in [0.3, 0.4) is 0 Å². The summed E-state index contributed by atoms with van der Waals surface area (Å²) < 4.78 is 2.51. The van der Waals surface area contributed by atoms with Crippen molar-refractivity contribution in [1.82, 2.24) is 19.7 Å². The molecule has 6 heteroatoms. The lowest BCUT2D eigenvalue weighted by molar-refractivity contribution is 0.777. The largest absolute Gasteiger partial charge is 0.354 e. The lowest BCUT2D eigenvalue weighted by Gasteiger charge is -2.05. The van der Waals surface area contributed by atoms with Crippen molar-refractivity contribution in [3.63, 3.8) is 0 Å². The first-order valence-electron chi connectivity index (χ1n) is 6.37. The zero-order valence-electron chi connectivity index (χ0n) is 11.0. The van der Waals surface area contributed by atoms with Crippen LogP contribution < -0.4 is 5.32 Å². The molecule has 0 radical (unpaired) electrons. The smallest absolute Gasteiger partial charge is 0.224 e. The van der Waals surface area contributed by atoms with Gasteiger partial charge in [0.25, 0.3) is 0 Å². The highest BCUT2D eigenvalue weighted by atomic mass is 79.9. The van der Waals surface area contributed by atoms with Crippen LogP contribution >= 0.6 is 15.9 Å². The summed E-state index contributed by atoms with van der Waals surface area (Å²) in [6.07, 6.45) is 2.72. The summed E-state index contributed by atoms with van der Waals surface area (Å²) in [5.41, 5.74) is 2.11. The summed E-state index contributed by atoms with van der Waals surface area (Å²) in [7, 11) is 1.87. The SMILES string of the molecule is Cn1nc(Br)c2cnc(NCCc3ccccc3)nc21. The van der Waals surface area contributed by atoms with E-state index < -0.39 is 0 Å². The van der Waals surface area contributed by atoms with E-state index in [-0.39, 0.29) is 0 Å². The van der Waals surface area contributed by atoms with Crippen molar-refractivity contribution in [3.05, 3.63) is 46.7 Å². The van der Waals surface area contributed by atoms with Crippen molar-refractivity contribution in [2.45, 2.75) is 6.42 Å². The van der Waals surface area contributed by atoms with E-state index in [9.17, 15) is 0 Å². The highest BCUT2D eigenvalue weighted by Crippen LogP contribution is 2.20. The normalized spacial score (nSPS) is 10.9. The van der Waals surface area contributed by atoms with Crippen LogP contribution in [0.5, 0.6) is 0 Å². The summed E-state index contributed by atoms with van der Waals surface area (Å²) in [4.78, 5) is 8.78. The second-order valence-electron chi connectivity index (χ2n) is 4.51. The first kappa shape index (κ1) is 13.1. The first-order valence-corrected chi connectivity index (χ1v) is 7.16. The second kappa shape index (κ2) is 5.58. The van der Waals surface area contributed by atoms with Gasteiger partial charge in [0.2, 0.25) is 5.95 Å². The van der Waals surface area contributed by atoms with Gasteiger partial charge in [0, 0.05) is 19.8 Å². The van der Waals surface area contributed by atoms with Gasteiger partial charge in [0.05, 0.1) is 5.39 Å². The van der Waals surface area contributed by atoms with Gasteiger partial charge in [-0.1, -0.05) is 30.3 Å². The third-order valence-corrected chi connectivity index (χ3v) is 3.66.